The number of hydrogen-bond acceptors (Lipinski definition) is 11. The molecule has 0 radical (unpaired) electrons. The number of fused-ring (bicyclic) bond motifs is 1. The molecule has 2 aromatic heterocycles. The SMILES string of the molecule is COC[C@@H](C)Nc1cc(NC(=O)N2CCCc3cc(CN4CC[C@@H](OC)C4=C=O)c(C(OC)OC)nc32)ncc1C#N. The quantitative estimate of drug-likeness (QED) is 0.299. The predicted octanol–water partition coefficient (Wildman–Crippen LogP) is 3.01. The third-order valence-electron chi connectivity index (χ3n) is 7.31. The Morgan fingerprint density at radius 3 is 2.67 bits per heavy atom. The summed E-state index contributed by atoms with van der Waals surface area (Å²) in [6.45, 7) is 3.84. The fourth-order valence-corrected chi connectivity index (χ4v) is 5.34. The Morgan fingerprint density at radius 2 is 2.00 bits per heavy atom. The van der Waals surface area contributed by atoms with Gasteiger partial charge < -0.3 is 29.2 Å². The van der Waals surface area contributed by atoms with Gasteiger partial charge in [0.1, 0.15) is 41.1 Å². The van der Waals surface area contributed by atoms with Crippen molar-refractivity contribution in [2.75, 3.05) is 63.7 Å². The molecular formula is C29H37N7O6. The molecule has 1 fully saturated rings. The van der Waals surface area contributed by atoms with Crippen LogP contribution in [0.3, 0.4) is 0 Å². The highest BCUT2D eigenvalue weighted by atomic mass is 16.7. The molecule has 0 bridgehead atoms. The van der Waals surface area contributed by atoms with Crippen LogP contribution >= 0.6 is 0 Å². The predicted molar refractivity (Wildman–Crippen MR) is 155 cm³/mol. The smallest absolute Gasteiger partial charge is 0.328 e. The molecule has 1 saturated heterocycles. The molecule has 13 heteroatoms. The number of nitrogens with one attached hydrogen (secondary N) is 2. The fourth-order valence-electron chi connectivity index (χ4n) is 5.34. The minimum atomic E-state index is -0.787. The molecule has 4 heterocycles. The first-order valence-corrected chi connectivity index (χ1v) is 13.7. The first-order valence-electron chi connectivity index (χ1n) is 13.7. The van der Waals surface area contributed by atoms with E-state index in [4.69, 9.17) is 23.9 Å². The Bertz CT molecular complexity index is 1370. The summed E-state index contributed by atoms with van der Waals surface area (Å²) in [5, 5.41) is 15.6. The van der Waals surface area contributed by atoms with Crippen LogP contribution in [0.25, 0.3) is 0 Å². The van der Waals surface area contributed by atoms with E-state index >= 15 is 0 Å². The third kappa shape index (κ3) is 6.70. The van der Waals surface area contributed by atoms with Gasteiger partial charge in [-0.15, -0.1) is 0 Å². The summed E-state index contributed by atoms with van der Waals surface area (Å²) in [5.41, 5.74) is 3.59. The summed E-state index contributed by atoms with van der Waals surface area (Å²) in [4.78, 5) is 37.9. The van der Waals surface area contributed by atoms with Gasteiger partial charge in [-0.1, -0.05) is 0 Å². The highest BCUT2D eigenvalue weighted by Gasteiger charge is 2.33. The molecular weight excluding hydrogens is 542 g/mol. The van der Waals surface area contributed by atoms with Gasteiger partial charge in [0, 0.05) is 66.4 Å². The van der Waals surface area contributed by atoms with Gasteiger partial charge in [-0.05, 0) is 43.4 Å². The van der Waals surface area contributed by atoms with E-state index in [0.29, 0.717) is 61.1 Å². The van der Waals surface area contributed by atoms with Gasteiger partial charge in [-0.3, -0.25) is 10.2 Å². The standard InChI is InChI=1S/C29H37N7O6/c1-18(17-39-2)32-22-12-25(31-14-21(22)13-30)33-29(38)36-9-6-7-19-11-20(26(34-27(19)36)28(41-4)42-5)15-35-10-8-24(40-3)23(35)16-37/h11-12,14,18,24,28H,6-10,15,17H2,1-5H3,(H2,31,32,33,38)/t18-,24-/m1/s1. The van der Waals surface area contributed by atoms with Gasteiger partial charge in [0.05, 0.1) is 17.9 Å². The summed E-state index contributed by atoms with van der Waals surface area (Å²) in [7, 11) is 6.22. The van der Waals surface area contributed by atoms with Crippen molar-refractivity contribution in [1.29, 1.82) is 5.26 Å². The van der Waals surface area contributed by atoms with Crippen molar-refractivity contribution in [3.05, 3.63) is 46.4 Å². The van der Waals surface area contributed by atoms with Crippen molar-refractivity contribution in [2.45, 2.75) is 51.2 Å². The number of methoxy groups -OCH3 is 4. The summed E-state index contributed by atoms with van der Waals surface area (Å²) in [5.74, 6) is 2.82. The molecule has 0 saturated carbocycles. The van der Waals surface area contributed by atoms with Gasteiger partial charge in [-0.25, -0.2) is 19.6 Å². The van der Waals surface area contributed by atoms with Crippen molar-refractivity contribution in [3.8, 4) is 6.07 Å². The highest BCUT2D eigenvalue weighted by molar-refractivity contribution is 6.01. The number of hydrogen-bond donors (Lipinski definition) is 2. The summed E-state index contributed by atoms with van der Waals surface area (Å²) in [6.07, 6.45) is 2.47. The van der Waals surface area contributed by atoms with Crippen LogP contribution in [0.1, 0.15) is 48.4 Å². The largest absolute Gasteiger partial charge is 0.383 e. The molecule has 0 aliphatic carbocycles. The van der Waals surface area contributed by atoms with Crippen molar-refractivity contribution >= 4 is 29.3 Å². The average molecular weight is 580 g/mol. The summed E-state index contributed by atoms with van der Waals surface area (Å²) >= 11 is 0. The number of urea groups is 1. The number of carbonyl (C=O) groups is 1. The van der Waals surface area contributed by atoms with Crippen molar-refractivity contribution in [1.82, 2.24) is 14.9 Å². The Morgan fingerprint density at radius 1 is 1.21 bits per heavy atom. The number of anilines is 3. The normalized spacial score (nSPS) is 17.1. The lowest BCUT2D eigenvalue weighted by Gasteiger charge is -2.31. The molecule has 2 atom stereocenters. The summed E-state index contributed by atoms with van der Waals surface area (Å²) in [6, 6.07) is 5.28. The molecule has 2 N–H and O–H groups in total. The highest BCUT2D eigenvalue weighted by Crippen LogP contribution is 2.34. The second-order valence-corrected chi connectivity index (χ2v) is 10.2. The lowest BCUT2D eigenvalue weighted by atomic mass is 10.0. The average Bonchev–Trinajstić information content (AvgIpc) is 3.39. The Labute approximate surface area is 245 Å². The topological polar surface area (TPSA) is 151 Å². The van der Waals surface area contributed by atoms with E-state index < -0.39 is 12.3 Å². The number of nitrogens with zero attached hydrogens (tertiary/aromatic N) is 5. The monoisotopic (exact) mass is 579 g/mol. The van der Waals surface area contributed by atoms with Gasteiger partial charge in [0.25, 0.3) is 0 Å². The molecule has 0 aromatic carbocycles. The molecule has 0 unspecified atom stereocenters. The maximum absolute atomic E-state index is 13.6. The number of rotatable bonds is 11. The number of likely N-dealkylation sites (tertiary alicyclic amines) is 1. The molecule has 2 aliphatic rings. The number of nitriles is 1. The maximum Gasteiger partial charge on any atom is 0.328 e. The zero-order chi connectivity index (χ0) is 30.2. The number of aryl methyl sites for hydroxylation is 1. The summed E-state index contributed by atoms with van der Waals surface area (Å²) < 4.78 is 21.8. The van der Waals surface area contributed by atoms with Crippen LogP contribution in [-0.4, -0.2) is 87.1 Å². The second kappa shape index (κ2) is 14.2. The molecule has 0 spiro atoms. The number of carbonyl (C=O) groups excluding carboxylic acids is 2. The number of amides is 2. The van der Waals surface area contributed by atoms with Crippen LogP contribution in [-0.2, 0) is 36.7 Å². The third-order valence-corrected chi connectivity index (χ3v) is 7.31. The van der Waals surface area contributed by atoms with E-state index in [0.717, 1.165) is 24.0 Å². The van der Waals surface area contributed by atoms with Crippen LogP contribution < -0.4 is 15.5 Å². The molecule has 2 amide bonds. The first kappa shape index (κ1) is 30.9. The van der Waals surface area contributed by atoms with Crippen LogP contribution in [0.5, 0.6) is 0 Å². The lowest BCUT2D eigenvalue weighted by molar-refractivity contribution is -0.109. The van der Waals surface area contributed by atoms with Crippen LogP contribution in [0, 0.1) is 11.3 Å². The Hall–Kier alpha value is -4.05. The molecule has 2 aromatic rings. The van der Waals surface area contributed by atoms with Gasteiger partial charge in [0.2, 0.25) is 6.29 Å². The van der Waals surface area contributed by atoms with Crippen molar-refractivity contribution in [2.24, 2.45) is 0 Å². The van der Waals surface area contributed by atoms with Gasteiger partial charge in [-0.2, -0.15) is 5.26 Å². The number of pyridine rings is 2. The molecule has 42 heavy (non-hydrogen) atoms. The zero-order valence-corrected chi connectivity index (χ0v) is 24.6. The molecule has 2 aliphatic heterocycles. The van der Waals surface area contributed by atoms with Crippen LogP contribution in [0.4, 0.5) is 22.1 Å². The van der Waals surface area contributed by atoms with E-state index in [-0.39, 0.29) is 18.0 Å². The molecule has 224 valence electrons. The van der Waals surface area contributed by atoms with Gasteiger partial charge in [0.15, 0.2) is 0 Å². The second-order valence-electron chi connectivity index (χ2n) is 10.2. The molecule has 4 rings (SSSR count). The van der Waals surface area contributed by atoms with Crippen molar-refractivity contribution < 1.29 is 28.5 Å². The zero-order valence-electron chi connectivity index (χ0n) is 24.6. The maximum atomic E-state index is 13.6. The van der Waals surface area contributed by atoms with Crippen molar-refractivity contribution in [3.63, 3.8) is 0 Å². The number of aromatic nitrogens is 2. The molecule has 13 nitrogen and oxygen atoms in total. The van der Waals surface area contributed by atoms with E-state index in [1.54, 1.807) is 25.2 Å². The first-order chi connectivity index (χ1) is 20.4. The van der Waals surface area contributed by atoms with E-state index in [1.165, 1.54) is 20.4 Å². The number of ether oxygens (including phenoxy) is 4. The Balaban J connectivity index is 1.63. The fraction of sp³-hybridized carbons (Fsp3) is 0.517. The van der Waals surface area contributed by atoms with Crippen LogP contribution in [0.2, 0.25) is 0 Å². The lowest BCUT2D eigenvalue weighted by Crippen LogP contribution is -2.40. The van der Waals surface area contributed by atoms with E-state index in [2.05, 4.69) is 21.7 Å². The minimum absolute atomic E-state index is 0.0626. The van der Waals surface area contributed by atoms with Gasteiger partial charge >= 0.3 is 6.03 Å². The van der Waals surface area contributed by atoms with E-state index in [9.17, 15) is 14.9 Å². The van der Waals surface area contributed by atoms with Crippen LogP contribution in [0.15, 0.2) is 24.0 Å². The minimum Gasteiger partial charge on any atom is -0.383 e. The Kier molecular flexibility index (Phi) is 10.5. The van der Waals surface area contributed by atoms with E-state index in [1.807, 2.05) is 23.8 Å².